The Morgan fingerprint density at radius 2 is 1.28 bits per heavy atom. The highest BCUT2D eigenvalue weighted by molar-refractivity contribution is 8.93. The topological polar surface area (TPSA) is 64.5 Å². The van der Waals surface area contributed by atoms with Crippen LogP contribution in [0.4, 0.5) is 0 Å². The van der Waals surface area contributed by atoms with Gasteiger partial charge in [-0.3, -0.25) is 0 Å². The number of hydrogen-bond acceptors (Lipinski definition) is 4. The van der Waals surface area contributed by atoms with E-state index >= 15 is 0 Å². The molecule has 2 aromatic rings. The number of unbranched alkanes of at least 4 members (excludes halogenated alkanes) is 3. The highest BCUT2D eigenvalue weighted by atomic mass is 79.9. The summed E-state index contributed by atoms with van der Waals surface area (Å²) in [6.45, 7) is 5.93. The van der Waals surface area contributed by atoms with E-state index in [1.807, 2.05) is 13.0 Å². The van der Waals surface area contributed by atoms with Crippen LogP contribution in [-0.2, 0) is 12.8 Å². The number of phenols is 2. The molecule has 0 aliphatic rings. The maximum Gasteiger partial charge on any atom is 0.160 e. The molecule has 0 saturated heterocycles. The van der Waals surface area contributed by atoms with Crippen molar-refractivity contribution in [1.82, 2.24) is 10.6 Å². The Morgan fingerprint density at radius 1 is 0.690 bits per heavy atom. The Bertz CT molecular complexity index is 669. The highest BCUT2D eigenvalue weighted by Gasteiger charge is 2.07. The van der Waals surface area contributed by atoms with Gasteiger partial charge in [0.25, 0.3) is 0 Å². The van der Waals surface area contributed by atoms with Gasteiger partial charge in [-0.15, -0.1) is 34.0 Å². The first-order valence-corrected chi connectivity index (χ1v) is 10.1. The lowest BCUT2D eigenvalue weighted by Crippen LogP contribution is -2.19. The fourth-order valence-corrected chi connectivity index (χ4v) is 3.20. The average Bonchev–Trinajstić information content (AvgIpc) is 2.69. The van der Waals surface area contributed by atoms with Crippen LogP contribution in [0.25, 0.3) is 0 Å². The fourth-order valence-electron chi connectivity index (χ4n) is 3.20. The van der Waals surface area contributed by atoms with Crippen LogP contribution in [0.15, 0.2) is 42.5 Å². The normalized spacial score (nSPS) is 10.2. The molecular formula is C23H36Br2N2O2. The molecule has 2 aromatic carbocycles. The minimum atomic E-state index is -0.0428. The summed E-state index contributed by atoms with van der Waals surface area (Å²) in [6.07, 6.45) is 6.93. The van der Waals surface area contributed by atoms with E-state index in [0.29, 0.717) is 0 Å². The van der Waals surface area contributed by atoms with E-state index < -0.39 is 0 Å². The number of aromatic hydroxyl groups is 2. The Kier molecular flexibility index (Phi) is 16.1. The van der Waals surface area contributed by atoms with Gasteiger partial charge in [-0.1, -0.05) is 49.2 Å². The summed E-state index contributed by atoms with van der Waals surface area (Å²) in [4.78, 5) is 0. The van der Waals surface area contributed by atoms with Crippen molar-refractivity contribution >= 4 is 34.0 Å². The molecule has 4 N–H and O–H groups in total. The molecular weight excluding hydrogens is 496 g/mol. The van der Waals surface area contributed by atoms with Crippen molar-refractivity contribution < 1.29 is 10.2 Å². The van der Waals surface area contributed by atoms with Crippen LogP contribution in [-0.4, -0.2) is 36.4 Å². The molecule has 2 rings (SSSR count). The highest BCUT2D eigenvalue weighted by Crippen LogP contribution is 2.30. The summed E-state index contributed by atoms with van der Waals surface area (Å²) in [6, 6.07) is 14.1. The smallest absolute Gasteiger partial charge is 0.160 e. The van der Waals surface area contributed by atoms with Crippen LogP contribution in [0, 0.1) is 6.92 Å². The van der Waals surface area contributed by atoms with Crippen molar-refractivity contribution in [2.24, 2.45) is 0 Å². The van der Waals surface area contributed by atoms with Crippen LogP contribution in [0.5, 0.6) is 11.5 Å². The van der Waals surface area contributed by atoms with Gasteiger partial charge in [0.2, 0.25) is 0 Å². The number of nitrogens with one attached hydrogen (secondary N) is 2. The molecule has 0 bridgehead atoms. The van der Waals surface area contributed by atoms with Crippen LogP contribution in [0.1, 0.15) is 42.4 Å². The molecule has 29 heavy (non-hydrogen) atoms. The van der Waals surface area contributed by atoms with E-state index in [1.165, 1.54) is 31.2 Å². The predicted molar refractivity (Wildman–Crippen MR) is 133 cm³/mol. The Morgan fingerprint density at radius 3 is 1.90 bits per heavy atom. The van der Waals surface area contributed by atoms with Gasteiger partial charge in [0.15, 0.2) is 11.5 Å². The van der Waals surface area contributed by atoms with Gasteiger partial charge in [0, 0.05) is 0 Å². The van der Waals surface area contributed by atoms with E-state index in [-0.39, 0.29) is 45.5 Å². The van der Waals surface area contributed by atoms with E-state index in [2.05, 4.69) is 41.0 Å². The molecule has 0 aliphatic heterocycles. The fraction of sp³-hybridized carbons (Fsp3) is 0.478. The first-order valence-electron chi connectivity index (χ1n) is 10.1. The second kappa shape index (κ2) is 16.7. The second-order valence-corrected chi connectivity index (χ2v) is 7.12. The van der Waals surface area contributed by atoms with Gasteiger partial charge in [0.1, 0.15) is 0 Å². The Balaban J connectivity index is 0.00000392. The average molecular weight is 532 g/mol. The van der Waals surface area contributed by atoms with E-state index in [9.17, 15) is 10.2 Å². The summed E-state index contributed by atoms with van der Waals surface area (Å²) >= 11 is 0. The van der Waals surface area contributed by atoms with Crippen molar-refractivity contribution in [3.8, 4) is 11.5 Å². The largest absolute Gasteiger partial charge is 0.504 e. The summed E-state index contributed by atoms with van der Waals surface area (Å²) < 4.78 is 0. The lowest BCUT2D eigenvalue weighted by atomic mass is 10.0. The van der Waals surface area contributed by atoms with Crippen molar-refractivity contribution in [3.05, 3.63) is 59.2 Å². The maximum absolute atomic E-state index is 9.75. The van der Waals surface area contributed by atoms with E-state index in [0.717, 1.165) is 50.1 Å². The zero-order valence-corrected chi connectivity index (χ0v) is 20.7. The second-order valence-electron chi connectivity index (χ2n) is 7.12. The molecule has 0 aromatic heterocycles. The zero-order valence-electron chi connectivity index (χ0n) is 17.3. The minimum absolute atomic E-state index is 0. The molecule has 0 aliphatic carbocycles. The molecule has 6 heteroatoms. The Hall–Kier alpha value is -1.08. The summed E-state index contributed by atoms with van der Waals surface area (Å²) in [5.74, 6) is -0.0383. The van der Waals surface area contributed by atoms with Crippen molar-refractivity contribution in [3.63, 3.8) is 0 Å². The molecule has 0 unspecified atom stereocenters. The minimum Gasteiger partial charge on any atom is -0.504 e. The quantitative estimate of drug-likeness (QED) is 0.215. The van der Waals surface area contributed by atoms with Crippen LogP contribution in [0.2, 0.25) is 0 Å². The molecule has 0 heterocycles. The van der Waals surface area contributed by atoms with Crippen molar-refractivity contribution in [2.45, 2.75) is 45.4 Å². The summed E-state index contributed by atoms with van der Waals surface area (Å²) in [5.41, 5.74) is 3.25. The molecule has 0 radical (unpaired) electrons. The third kappa shape index (κ3) is 11.0. The molecule has 0 saturated carbocycles. The molecule has 164 valence electrons. The first kappa shape index (κ1) is 27.9. The standard InChI is InChI=1S/C23H34N2O2.2BrH/c1-19-21(11-12-22(26)23(19)27)14-18-25-16-8-3-2-7-15-24-17-13-20-9-5-4-6-10-20;;/h4-6,9-12,24-27H,2-3,7-8,13-18H2,1H3;2*1H. The third-order valence-corrected chi connectivity index (χ3v) is 4.98. The lowest BCUT2D eigenvalue weighted by Gasteiger charge is -2.10. The lowest BCUT2D eigenvalue weighted by molar-refractivity contribution is 0.400. The van der Waals surface area contributed by atoms with Crippen molar-refractivity contribution in [1.29, 1.82) is 0 Å². The van der Waals surface area contributed by atoms with E-state index in [4.69, 9.17) is 0 Å². The molecule has 0 spiro atoms. The number of rotatable bonds is 13. The summed E-state index contributed by atoms with van der Waals surface area (Å²) in [7, 11) is 0. The van der Waals surface area contributed by atoms with Crippen molar-refractivity contribution in [2.75, 3.05) is 26.2 Å². The van der Waals surface area contributed by atoms with Gasteiger partial charge in [0.05, 0.1) is 0 Å². The van der Waals surface area contributed by atoms with Gasteiger partial charge in [-0.05, 0) is 81.5 Å². The first-order chi connectivity index (χ1) is 13.2. The molecule has 4 nitrogen and oxygen atoms in total. The van der Waals surface area contributed by atoms with E-state index in [1.54, 1.807) is 6.07 Å². The maximum atomic E-state index is 9.75. The zero-order chi connectivity index (χ0) is 19.3. The predicted octanol–water partition coefficient (Wildman–Crippen LogP) is 5.09. The number of benzene rings is 2. The van der Waals surface area contributed by atoms with Crippen LogP contribution in [0.3, 0.4) is 0 Å². The van der Waals surface area contributed by atoms with Crippen LogP contribution < -0.4 is 10.6 Å². The van der Waals surface area contributed by atoms with Gasteiger partial charge in [-0.2, -0.15) is 0 Å². The number of halogens is 2. The van der Waals surface area contributed by atoms with Gasteiger partial charge in [-0.25, -0.2) is 0 Å². The molecule has 0 fully saturated rings. The Labute approximate surface area is 196 Å². The molecule has 0 amide bonds. The van der Waals surface area contributed by atoms with Crippen LogP contribution >= 0.6 is 34.0 Å². The number of hydrogen-bond donors (Lipinski definition) is 4. The monoisotopic (exact) mass is 530 g/mol. The number of phenolic OH excluding ortho intramolecular Hbond substituents is 2. The van der Waals surface area contributed by atoms with Gasteiger partial charge < -0.3 is 20.8 Å². The molecule has 0 atom stereocenters. The SMILES string of the molecule is Br.Br.Cc1c(CCNCCCCCCNCCc2ccccc2)ccc(O)c1O. The third-order valence-electron chi connectivity index (χ3n) is 4.98. The van der Waals surface area contributed by atoms with Gasteiger partial charge >= 0.3 is 0 Å². The summed E-state index contributed by atoms with van der Waals surface area (Å²) in [5, 5.41) is 26.2.